The van der Waals surface area contributed by atoms with E-state index >= 15 is 0 Å². The summed E-state index contributed by atoms with van der Waals surface area (Å²) in [4.78, 5) is 55.4. The molecule has 9 unspecified atom stereocenters. The van der Waals surface area contributed by atoms with Crippen molar-refractivity contribution in [1.82, 2.24) is 0 Å². The summed E-state index contributed by atoms with van der Waals surface area (Å²) >= 11 is 0. The first-order valence-electron chi connectivity index (χ1n) is 30.7. The molecule has 0 aromatic heterocycles. The van der Waals surface area contributed by atoms with Gasteiger partial charge in [0.1, 0.15) is 42.7 Å². The second-order valence-electron chi connectivity index (χ2n) is 22.8. The van der Waals surface area contributed by atoms with Gasteiger partial charge in [0.05, 0.1) is 35.5 Å². The van der Waals surface area contributed by atoms with Gasteiger partial charge < -0.3 is 66.3 Å². The quantitative estimate of drug-likeness (QED) is 0.0435. The van der Waals surface area contributed by atoms with Crippen molar-refractivity contribution in [3.8, 4) is 0 Å². The van der Waals surface area contributed by atoms with Crippen LogP contribution in [0.2, 0.25) is 0 Å². The lowest BCUT2D eigenvalue weighted by Gasteiger charge is -2.51. The monoisotopic (exact) mass is 1170 g/mol. The predicted octanol–water partition coefficient (Wildman–Crippen LogP) is 10.2. The van der Waals surface area contributed by atoms with Crippen molar-refractivity contribution in [2.75, 3.05) is 34.0 Å². The lowest BCUT2D eigenvalue weighted by atomic mass is 9.87. The Hall–Kier alpha value is -4.54. The fourth-order valence-corrected chi connectivity index (χ4v) is 12.0. The molecule has 3 aromatic rings. The van der Waals surface area contributed by atoms with E-state index in [0.29, 0.717) is 44.6 Å². The molecule has 0 aliphatic carbocycles. The fourth-order valence-electron chi connectivity index (χ4n) is 12.0. The second kappa shape index (κ2) is 33.5. The van der Waals surface area contributed by atoms with Crippen LogP contribution in [0.15, 0.2) is 91.0 Å². The van der Waals surface area contributed by atoms with Gasteiger partial charge in [-0.25, -0.2) is 9.59 Å². The van der Waals surface area contributed by atoms with Gasteiger partial charge in [-0.3, -0.25) is 9.59 Å². The minimum absolute atomic E-state index is 0.245. The van der Waals surface area contributed by atoms with E-state index in [1.807, 2.05) is 47.6 Å². The second-order valence-corrected chi connectivity index (χ2v) is 22.8. The highest BCUT2D eigenvalue weighted by Gasteiger charge is 2.58. The third kappa shape index (κ3) is 17.2. The van der Waals surface area contributed by atoms with Gasteiger partial charge in [-0.15, -0.1) is 0 Å². The van der Waals surface area contributed by atoms with Crippen LogP contribution in [-0.2, 0) is 82.3 Å². The normalized spacial score (nSPS) is 33.5. The van der Waals surface area contributed by atoms with E-state index in [-0.39, 0.29) is 17.3 Å². The van der Waals surface area contributed by atoms with Gasteiger partial charge in [0.15, 0.2) is 48.9 Å². The van der Waals surface area contributed by atoms with Crippen LogP contribution in [0.4, 0.5) is 0 Å². The number of ether oxygens (including phenoxy) is 14. The summed E-state index contributed by atoms with van der Waals surface area (Å²) in [5.74, 6) is -3.32. The molecule has 7 rings (SSSR count). The summed E-state index contributed by atoms with van der Waals surface area (Å²) < 4.78 is 92.8. The topological polar surface area (TPSA) is 197 Å². The number of carbonyl (C=O) groups is 4. The van der Waals surface area contributed by atoms with Gasteiger partial charge >= 0.3 is 11.9 Å². The zero-order valence-corrected chi connectivity index (χ0v) is 51.2. The maximum Gasteiger partial charge on any atom is 0.338 e. The van der Waals surface area contributed by atoms with Crippen LogP contribution in [0.3, 0.4) is 0 Å². The van der Waals surface area contributed by atoms with Gasteiger partial charge in [0.2, 0.25) is 0 Å². The van der Waals surface area contributed by atoms with Crippen molar-refractivity contribution in [2.24, 2.45) is 17.8 Å². The molecule has 466 valence electrons. The highest BCUT2D eigenvalue weighted by atomic mass is 16.8. The Morgan fingerprint density at radius 3 is 1.32 bits per heavy atom. The van der Waals surface area contributed by atoms with Crippen LogP contribution < -0.4 is 0 Å². The number of hydrogen-bond donors (Lipinski definition) is 0. The number of Topliss-reactive ketones (excluding diaryl/α,β-unsaturated/α-hetero) is 2. The molecule has 0 saturated carbocycles. The Labute approximate surface area is 497 Å². The number of carbonyl (C=O) groups excluding carboxylic acids is 4. The third-order valence-electron chi connectivity index (χ3n) is 16.7. The Morgan fingerprint density at radius 2 is 0.845 bits per heavy atom. The van der Waals surface area contributed by atoms with E-state index in [2.05, 4.69) is 31.2 Å². The zero-order valence-electron chi connectivity index (χ0n) is 51.2. The average Bonchev–Trinajstić information content (AvgIpc) is 1.36. The molecule has 0 bridgehead atoms. The van der Waals surface area contributed by atoms with Crippen molar-refractivity contribution in [3.05, 3.63) is 108 Å². The first kappa shape index (κ1) is 67.0. The lowest BCUT2D eigenvalue weighted by molar-refractivity contribution is -0.378. The molecule has 0 N–H and O–H groups in total. The van der Waals surface area contributed by atoms with Gasteiger partial charge in [-0.2, -0.15) is 0 Å². The van der Waals surface area contributed by atoms with E-state index in [4.69, 9.17) is 66.3 Å². The first-order valence-corrected chi connectivity index (χ1v) is 30.7. The zero-order chi connectivity index (χ0) is 60.3. The van der Waals surface area contributed by atoms with Crippen LogP contribution in [0, 0.1) is 17.8 Å². The van der Waals surface area contributed by atoms with E-state index in [1.165, 1.54) is 33.6 Å². The molecule has 4 fully saturated rings. The Kier molecular flexibility index (Phi) is 26.7. The Balaban J connectivity index is 1.16. The number of aryl methyl sites for hydroxylation is 1. The molecule has 0 radical (unpaired) electrons. The molecular weight excluding hydrogens is 1080 g/mol. The molecule has 3 aromatic carbocycles. The Bertz CT molecular complexity index is 2430. The van der Waals surface area contributed by atoms with Crippen molar-refractivity contribution in [2.45, 2.75) is 231 Å². The molecule has 18 nitrogen and oxygen atoms in total. The number of methoxy groups -OCH3 is 2. The van der Waals surface area contributed by atoms with Crippen molar-refractivity contribution in [1.29, 1.82) is 0 Å². The lowest BCUT2D eigenvalue weighted by Crippen LogP contribution is -2.67. The molecule has 4 aliphatic rings. The molecule has 18 heteroatoms. The van der Waals surface area contributed by atoms with E-state index < -0.39 is 134 Å². The largest absolute Gasteiger partial charge is 0.451 e. The van der Waals surface area contributed by atoms with Crippen LogP contribution in [0.5, 0.6) is 0 Å². The van der Waals surface area contributed by atoms with E-state index in [0.717, 1.165) is 44.9 Å². The molecule has 4 aliphatic heterocycles. The van der Waals surface area contributed by atoms with Crippen LogP contribution in [-0.4, -0.2) is 162 Å². The number of rotatable bonds is 31. The highest BCUT2D eigenvalue weighted by molar-refractivity contribution is 5.90. The molecule has 84 heavy (non-hydrogen) atoms. The highest BCUT2D eigenvalue weighted by Crippen LogP contribution is 2.42. The SMILES string of the molecule is CCCCOC1C(OCCCCCc2ccccc2)OC(CC)[C@@H](O[C@@H]2OC(C(C)=O)[C@H](O[C@@H]3OC(CC)[C@@H](O[C@@H]4OC(C(C)=O)[C@H](C)[C@@H](OC)C4OC(=O)c4ccccc4)[C@H](C)C3OCCCC)[C@@H](OC)C2OC(=O)c2ccccc2)[C@@H]1C. The number of ketones is 2. The third-order valence-corrected chi connectivity index (χ3v) is 16.7. The fraction of sp³-hybridized carbons (Fsp3) is 0.667. The van der Waals surface area contributed by atoms with E-state index in [1.54, 1.807) is 60.7 Å². The predicted molar refractivity (Wildman–Crippen MR) is 311 cm³/mol. The smallest absolute Gasteiger partial charge is 0.338 e. The maximum absolute atomic E-state index is 14.3. The summed E-state index contributed by atoms with van der Waals surface area (Å²) in [6.45, 7) is 18.0. The maximum atomic E-state index is 14.3. The number of hydrogen-bond acceptors (Lipinski definition) is 18. The minimum Gasteiger partial charge on any atom is -0.451 e. The number of unbranched alkanes of at least 4 members (excludes halogenated alkanes) is 4. The number of esters is 2. The Morgan fingerprint density at radius 1 is 0.417 bits per heavy atom. The summed E-state index contributed by atoms with van der Waals surface area (Å²) in [5, 5.41) is 0. The van der Waals surface area contributed by atoms with Crippen LogP contribution in [0.1, 0.15) is 146 Å². The average molecular weight is 1180 g/mol. The van der Waals surface area contributed by atoms with Gasteiger partial charge in [-0.1, -0.05) is 134 Å². The number of benzene rings is 3. The molecule has 4 saturated heterocycles. The van der Waals surface area contributed by atoms with Gasteiger partial charge in [0.25, 0.3) is 0 Å². The van der Waals surface area contributed by atoms with Crippen molar-refractivity contribution < 1.29 is 85.5 Å². The first-order chi connectivity index (χ1) is 40.7. The van der Waals surface area contributed by atoms with Gasteiger partial charge in [-0.05, 0) is 88.6 Å². The molecule has 0 amide bonds. The van der Waals surface area contributed by atoms with E-state index in [9.17, 15) is 19.2 Å². The standard InChI is InChI=1S/C66H94O18/c1-12-16-37-73-54-41(6)51(48(14-3)76-63(54)75-39-29-21-24-32-45-30-22-18-23-31-45)82-66-60(79-62(70)47-35-27-20-28-36-47)57(72-11)58(56(83-66)44(9)68)84-64-55(74-38-17-13-2)42(7)52(49(15-4)77-64)81-65-59(78-61(69)46-33-25-19-26-34-46)53(71-10)40(5)50(80-65)43(8)67/h18-20,22-23,25-28,30-31,33-36,40-42,48-60,63-66H,12-17,21,24,29,32,37-39H2,1-11H3/t40-,41-,42-,48?,49?,50?,51-,52-,53+,54?,55?,56?,57+,58-,59?,60?,63?,64-,65-,66+/m0/s1. The van der Waals surface area contributed by atoms with Crippen LogP contribution in [0.25, 0.3) is 0 Å². The molecular formula is C66H94O18. The minimum atomic E-state index is -1.37. The molecule has 4 heterocycles. The van der Waals surface area contributed by atoms with Crippen molar-refractivity contribution >= 4 is 23.5 Å². The molecule has 0 spiro atoms. The summed E-state index contributed by atoms with van der Waals surface area (Å²) in [6.07, 6.45) is -8.49. The summed E-state index contributed by atoms with van der Waals surface area (Å²) in [6, 6.07) is 27.6. The van der Waals surface area contributed by atoms with Crippen molar-refractivity contribution in [3.63, 3.8) is 0 Å². The summed E-state index contributed by atoms with van der Waals surface area (Å²) in [5.41, 5.74) is 1.90. The molecule has 20 atom stereocenters. The van der Waals surface area contributed by atoms with Crippen LogP contribution >= 0.6 is 0 Å². The summed E-state index contributed by atoms with van der Waals surface area (Å²) in [7, 11) is 2.95. The van der Waals surface area contributed by atoms with Gasteiger partial charge in [0, 0.05) is 51.8 Å².